The molecule has 110 valence electrons. The Labute approximate surface area is 128 Å². The van der Waals surface area contributed by atoms with E-state index in [0.717, 1.165) is 10.8 Å². The summed E-state index contributed by atoms with van der Waals surface area (Å²) < 4.78 is 0. The average molecular weight is 315 g/mol. The van der Waals surface area contributed by atoms with Crippen molar-refractivity contribution in [1.29, 1.82) is 0 Å². The molecule has 1 aromatic rings. The molecule has 1 aliphatic carbocycles. The minimum absolute atomic E-state index is 0.281. The highest BCUT2D eigenvalue weighted by molar-refractivity contribution is 7.98. The summed E-state index contributed by atoms with van der Waals surface area (Å²) in [7, 11) is 0. The molecule has 5 heteroatoms. The van der Waals surface area contributed by atoms with Crippen LogP contribution in [0.3, 0.4) is 0 Å². The van der Waals surface area contributed by atoms with Crippen LogP contribution in [-0.4, -0.2) is 27.5 Å². The molecule has 0 bridgehead atoms. The third kappa shape index (κ3) is 4.40. The van der Waals surface area contributed by atoms with Crippen LogP contribution in [0, 0.1) is 5.92 Å². The first-order valence-electron chi connectivity index (χ1n) is 6.76. The maximum Gasteiger partial charge on any atom is 0.306 e. The Balaban J connectivity index is 1.76. The molecule has 0 amide bonds. The van der Waals surface area contributed by atoms with E-state index >= 15 is 0 Å². The molecule has 20 heavy (non-hydrogen) atoms. The number of benzene rings is 1. The van der Waals surface area contributed by atoms with E-state index in [2.05, 4.69) is 0 Å². The Kier molecular flexibility index (Phi) is 5.35. The van der Waals surface area contributed by atoms with Crippen LogP contribution in [0.25, 0.3) is 0 Å². The Hall–Kier alpha value is -0.710. The van der Waals surface area contributed by atoms with E-state index in [0.29, 0.717) is 31.4 Å². The third-order valence-corrected chi connectivity index (χ3v) is 5.35. The van der Waals surface area contributed by atoms with Crippen LogP contribution in [0.1, 0.15) is 31.2 Å². The summed E-state index contributed by atoms with van der Waals surface area (Å²) in [6.45, 7) is 0. The van der Waals surface area contributed by atoms with Gasteiger partial charge in [0.15, 0.2) is 0 Å². The summed E-state index contributed by atoms with van der Waals surface area (Å²) in [4.78, 5) is 10.9. The molecule has 1 aliphatic rings. The van der Waals surface area contributed by atoms with Gasteiger partial charge in [0.25, 0.3) is 0 Å². The quantitative estimate of drug-likeness (QED) is 0.872. The molecule has 1 saturated carbocycles. The topological polar surface area (TPSA) is 57.5 Å². The van der Waals surface area contributed by atoms with E-state index in [-0.39, 0.29) is 5.92 Å². The smallest absolute Gasteiger partial charge is 0.306 e. The lowest BCUT2D eigenvalue weighted by atomic mass is 9.80. The van der Waals surface area contributed by atoms with Gasteiger partial charge >= 0.3 is 5.97 Å². The number of carbonyl (C=O) groups is 1. The summed E-state index contributed by atoms with van der Waals surface area (Å²) in [6.07, 6.45) is 2.32. The highest BCUT2D eigenvalue weighted by Gasteiger charge is 2.35. The van der Waals surface area contributed by atoms with E-state index in [9.17, 15) is 9.90 Å². The molecule has 0 aliphatic heterocycles. The van der Waals surface area contributed by atoms with Crippen LogP contribution in [0.15, 0.2) is 24.3 Å². The normalized spacial score (nSPS) is 26.4. The molecule has 1 fully saturated rings. The summed E-state index contributed by atoms with van der Waals surface area (Å²) in [5.74, 6) is 0.474. The first-order chi connectivity index (χ1) is 9.48. The Morgan fingerprint density at radius 2 is 1.90 bits per heavy atom. The molecule has 0 spiro atoms. The van der Waals surface area contributed by atoms with E-state index in [1.807, 2.05) is 24.3 Å². The SMILES string of the molecule is O=C(O)C1CCC(O)(CSCc2ccc(Cl)cc2)CC1. The standard InChI is InChI=1S/C15H19ClO3S/c16-13-3-1-11(2-4-13)9-20-10-15(19)7-5-12(6-8-15)14(17)18/h1-4,12,19H,5-10H2,(H,17,18). The lowest BCUT2D eigenvalue weighted by Gasteiger charge is -2.34. The molecule has 0 heterocycles. The Morgan fingerprint density at radius 3 is 2.45 bits per heavy atom. The number of hydrogen-bond acceptors (Lipinski definition) is 3. The van der Waals surface area contributed by atoms with Gasteiger partial charge in [-0.25, -0.2) is 0 Å². The highest BCUT2D eigenvalue weighted by atomic mass is 35.5. The van der Waals surface area contributed by atoms with E-state index < -0.39 is 11.6 Å². The van der Waals surface area contributed by atoms with Crippen LogP contribution in [0.5, 0.6) is 0 Å². The molecular formula is C15H19ClO3S. The first kappa shape index (κ1) is 15.7. The van der Waals surface area contributed by atoms with Crippen molar-refractivity contribution >= 4 is 29.3 Å². The zero-order valence-corrected chi connectivity index (χ0v) is 12.8. The summed E-state index contributed by atoms with van der Waals surface area (Å²) in [5, 5.41) is 20.1. The van der Waals surface area contributed by atoms with Crippen LogP contribution in [0.2, 0.25) is 5.02 Å². The van der Waals surface area contributed by atoms with Gasteiger partial charge in [0, 0.05) is 16.5 Å². The lowest BCUT2D eigenvalue weighted by molar-refractivity contribution is -0.144. The number of rotatable bonds is 5. The van der Waals surface area contributed by atoms with Crippen molar-refractivity contribution in [1.82, 2.24) is 0 Å². The van der Waals surface area contributed by atoms with Crippen molar-refractivity contribution in [3.8, 4) is 0 Å². The fourth-order valence-corrected chi connectivity index (χ4v) is 3.81. The van der Waals surface area contributed by atoms with Gasteiger partial charge in [0.05, 0.1) is 11.5 Å². The Bertz CT molecular complexity index is 453. The van der Waals surface area contributed by atoms with Crippen molar-refractivity contribution in [3.63, 3.8) is 0 Å². The van der Waals surface area contributed by atoms with Crippen LogP contribution in [0.4, 0.5) is 0 Å². The fraction of sp³-hybridized carbons (Fsp3) is 0.533. The third-order valence-electron chi connectivity index (χ3n) is 3.82. The number of aliphatic hydroxyl groups is 1. The molecule has 0 radical (unpaired) electrons. The summed E-state index contributed by atoms with van der Waals surface area (Å²) in [6, 6.07) is 7.70. The monoisotopic (exact) mass is 314 g/mol. The van der Waals surface area contributed by atoms with Crippen molar-refractivity contribution in [2.24, 2.45) is 5.92 Å². The highest BCUT2D eigenvalue weighted by Crippen LogP contribution is 2.35. The van der Waals surface area contributed by atoms with E-state index in [1.165, 1.54) is 5.56 Å². The number of aliphatic carboxylic acids is 1. The van der Waals surface area contributed by atoms with Gasteiger partial charge in [-0.3, -0.25) is 4.79 Å². The number of thioether (sulfide) groups is 1. The lowest BCUT2D eigenvalue weighted by Crippen LogP contribution is -2.38. The maximum absolute atomic E-state index is 10.9. The van der Waals surface area contributed by atoms with Gasteiger partial charge in [-0.15, -0.1) is 0 Å². The van der Waals surface area contributed by atoms with Crippen LogP contribution < -0.4 is 0 Å². The predicted octanol–water partition coefficient (Wildman–Crippen LogP) is 3.58. The average Bonchev–Trinajstić information content (AvgIpc) is 2.41. The van der Waals surface area contributed by atoms with E-state index in [1.54, 1.807) is 11.8 Å². The van der Waals surface area contributed by atoms with Gasteiger partial charge in [-0.2, -0.15) is 11.8 Å². The maximum atomic E-state index is 10.9. The van der Waals surface area contributed by atoms with Gasteiger partial charge in [-0.1, -0.05) is 23.7 Å². The first-order valence-corrected chi connectivity index (χ1v) is 8.29. The van der Waals surface area contributed by atoms with Crippen molar-refractivity contribution in [2.45, 2.75) is 37.0 Å². The fourth-order valence-electron chi connectivity index (χ4n) is 2.49. The molecule has 0 aromatic heterocycles. The molecular weight excluding hydrogens is 296 g/mol. The number of halogens is 1. The Morgan fingerprint density at radius 1 is 1.30 bits per heavy atom. The summed E-state index contributed by atoms with van der Waals surface area (Å²) >= 11 is 7.52. The number of carboxylic acids is 1. The molecule has 0 unspecified atom stereocenters. The molecule has 1 aromatic carbocycles. The van der Waals surface area contributed by atoms with Gasteiger partial charge < -0.3 is 10.2 Å². The predicted molar refractivity (Wildman–Crippen MR) is 82.2 cm³/mol. The number of hydrogen-bond donors (Lipinski definition) is 2. The molecule has 0 atom stereocenters. The second-order valence-electron chi connectivity index (χ2n) is 5.46. The van der Waals surface area contributed by atoms with Gasteiger partial charge in [0.1, 0.15) is 0 Å². The van der Waals surface area contributed by atoms with E-state index in [4.69, 9.17) is 16.7 Å². The minimum Gasteiger partial charge on any atom is -0.481 e. The molecule has 2 N–H and O–H groups in total. The van der Waals surface area contributed by atoms with Crippen molar-refractivity contribution in [3.05, 3.63) is 34.9 Å². The van der Waals surface area contributed by atoms with Crippen molar-refractivity contribution < 1.29 is 15.0 Å². The van der Waals surface area contributed by atoms with Gasteiger partial charge in [0.2, 0.25) is 0 Å². The molecule has 3 nitrogen and oxygen atoms in total. The largest absolute Gasteiger partial charge is 0.481 e. The zero-order chi connectivity index (χ0) is 14.6. The van der Waals surface area contributed by atoms with Crippen LogP contribution in [-0.2, 0) is 10.5 Å². The second-order valence-corrected chi connectivity index (χ2v) is 6.88. The molecule has 2 rings (SSSR count). The second kappa shape index (κ2) is 6.83. The van der Waals surface area contributed by atoms with Gasteiger partial charge in [-0.05, 0) is 43.4 Å². The zero-order valence-electron chi connectivity index (χ0n) is 11.2. The van der Waals surface area contributed by atoms with Crippen LogP contribution >= 0.6 is 23.4 Å². The van der Waals surface area contributed by atoms with Crippen molar-refractivity contribution in [2.75, 3.05) is 5.75 Å². The summed E-state index contributed by atoms with van der Waals surface area (Å²) in [5.41, 5.74) is 0.477. The minimum atomic E-state index is -0.735. The number of carboxylic acid groups (broad SMARTS) is 1. The molecule has 0 saturated heterocycles.